The van der Waals surface area contributed by atoms with E-state index in [1.54, 1.807) is 26.4 Å². The third-order valence-corrected chi connectivity index (χ3v) is 7.49. The maximum atomic E-state index is 11.9. The number of thiophene rings is 1. The molecule has 0 unspecified atom stereocenters. The molecule has 4 rings (SSSR count). The van der Waals surface area contributed by atoms with E-state index in [2.05, 4.69) is 56.6 Å². The van der Waals surface area contributed by atoms with Gasteiger partial charge in [-0.25, -0.2) is 4.79 Å². The number of aliphatic imine (C=N–C) groups is 2. The molecule has 3 N–H and O–H groups in total. The van der Waals surface area contributed by atoms with Crippen molar-refractivity contribution in [3.63, 3.8) is 0 Å². The minimum absolute atomic E-state index is 0.400. The molecule has 196 valence electrons. The van der Waals surface area contributed by atoms with E-state index in [4.69, 9.17) is 9.47 Å². The number of anilines is 2. The minimum Gasteiger partial charge on any atom is -0.495 e. The number of nitrogens with one attached hydrogen (secondary N) is 3. The third kappa shape index (κ3) is 6.20. The van der Waals surface area contributed by atoms with Crippen LogP contribution in [0.5, 0.6) is 5.75 Å². The quantitative estimate of drug-likeness (QED) is 0.223. The van der Waals surface area contributed by atoms with Crippen molar-refractivity contribution in [3.8, 4) is 5.75 Å². The zero-order valence-electron chi connectivity index (χ0n) is 21.9. The van der Waals surface area contributed by atoms with Gasteiger partial charge in [0.2, 0.25) is 0 Å². The van der Waals surface area contributed by atoms with Crippen molar-refractivity contribution in [1.82, 2.24) is 9.88 Å². The number of aryl methyl sites for hydroxylation is 1. The summed E-state index contributed by atoms with van der Waals surface area (Å²) in [6.45, 7) is 4.38. The van der Waals surface area contributed by atoms with Gasteiger partial charge in [0.15, 0.2) is 5.96 Å². The number of rotatable bonds is 7. The predicted molar refractivity (Wildman–Crippen MR) is 152 cm³/mol. The molecule has 0 saturated carbocycles. The fourth-order valence-corrected chi connectivity index (χ4v) is 5.26. The Hall–Kier alpha value is -3.63. The highest BCUT2D eigenvalue weighted by Crippen LogP contribution is 2.36. The molecule has 0 aliphatic carbocycles. The van der Waals surface area contributed by atoms with Crippen LogP contribution >= 0.6 is 11.3 Å². The highest BCUT2D eigenvalue weighted by molar-refractivity contribution is 7.12. The van der Waals surface area contributed by atoms with E-state index in [0.717, 1.165) is 48.7 Å². The highest BCUT2D eigenvalue weighted by atomic mass is 32.1. The third-order valence-electron chi connectivity index (χ3n) is 6.60. The van der Waals surface area contributed by atoms with E-state index in [0.29, 0.717) is 22.4 Å². The molecule has 0 spiro atoms. The summed E-state index contributed by atoms with van der Waals surface area (Å²) in [5, 5.41) is 8.52. The molecule has 1 fully saturated rings. The molecule has 2 aromatic heterocycles. The standard InChI is InChI=1S/C27H34N6O3S/c1-17-14-22(24(35-4)15-19(17)18-7-11-33(3)12-8-18)32-27(28-2)31-20-6-10-29-23(20)16-30-21-9-13-37-25(21)26(34)36-5/h6,9-10,13-16,18,29H,7-8,11-12H2,1-5H3,(H2,28,31,32). The van der Waals surface area contributed by atoms with Gasteiger partial charge < -0.3 is 30.0 Å². The van der Waals surface area contributed by atoms with Gasteiger partial charge in [-0.2, -0.15) is 0 Å². The number of aromatic amines is 1. The average Bonchev–Trinajstić information content (AvgIpc) is 3.56. The number of carbonyl (C=O) groups is 1. The molecule has 1 aliphatic heterocycles. The number of methoxy groups -OCH3 is 2. The first kappa shape index (κ1) is 26.4. The number of guanidine groups is 1. The maximum Gasteiger partial charge on any atom is 0.350 e. The van der Waals surface area contributed by atoms with Crippen molar-refractivity contribution in [2.75, 3.05) is 52.0 Å². The van der Waals surface area contributed by atoms with Gasteiger partial charge in [-0.3, -0.25) is 9.98 Å². The molecule has 3 heterocycles. The highest BCUT2D eigenvalue weighted by Gasteiger charge is 2.22. The Morgan fingerprint density at radius 2 is 1.95 bits per heavy atom. The second kappa shape index (κ2) is 12.1. The lowest BCUT2D eigenvalue weighted by atomic mass is 9.86. The molecule has 1 saturated heterocycles. The minimum atomic E-state index is -0.400. The van der Waals surface area contributed by atoms with Crippen molar-refractivity contribution in [2.45, 2.75) is 25.7 Å². The number of nitrogens with zero attached hydrogens (tertiary/aromatic N) is 3. The topological polar surface area (TPSA) is 103 Å². The van der Waals surface area contributed by atoms with E-state index in [1.165, 1.54) is 29.6 Å². The molecule has 0 atom stereocenters. The number of esters is 1. The Kier molecular flexibility index (Phi) is 8.62. The summed E-state index contributed by atoms with van der Waals surface area (Å²) in [5.41, 5.74) is 5.51. The molecular weight excluding hydrogens is 488 g/mol. The first-order valence-electron chi connectivity index (χ1n) is 12.2. The Morgan fingerprint density at radius 1 is 1.19 bits per heavy atom. The van der Waals surface area contributed by atoms with Crippen LogP contribution in [0.3, 0.4) is 0 Å². The normalized spacial score (nSPS) is 15.2. The Labute approximate surface area is 221 Å². The molecule has 1 aromatic carbocycles. The smallest absolute Gasteiger partial charge is 0.350 e. The van der Waals surface area contributed by atoms with Crippen LogP contribution in [0.25, 0.3) is 0 Å². The SMILES string of the molecule is CN=C(Nc1cc(C)c(C2CCN(C)CC2)cc1OC)Nc1cc[nH]c1C=Nc1ccsc1C(=O)OC. The van der Waals surface area contributed by atoms with Crippen LogP contribution in [-0.4, -0.2) is 69.4 Å². The van der Waals surface area contributed by atoms with Gasteiger partial charge >= 0.3 is 5.97 Å². The monoisotopic (exact) mass is 522 g/mol. The molecular formula is C27H34N6O3S. The molecule has 0 bridgehead atoms. The van der Waals surface area contributed by atoms with Crippen LogP contribution in [0.15, 0.2) is 45.8 Å². The fourth-order valence-electron chi connectivity index (χ4n) is 4.51. The molecule has 10 heteroatoms. The zero-order valence-corrected chi connectivity index (χ0v) is 22.7. The summed E-state index contributed by atoms with van der Waals surface area (Å²) >= 11 is 1.30. The Balaban J connectivity index is 1.50. The second-order valence-electron chi connectivity index (χ2n) is 9.00. The summed E-state index contributed by atoms with van der Waals surface area (Å²) in [6, 6.07) is 7.97. The summed E-state index contributed by atoms with van der Waals surface area (Å²) in [7, 11) is 6.95. The number of carbonyl (C=O) groups excluding carboxylic acids is 1. The largest absolute Gasteiger partial charge is 0.495 e. The molecule has 0 radical (unpaired) electrons. The number of piperidine rings is 1. The molecule has 37 heavy (non-hydrogen) atoms. The van der Waals surface area contributed by atoms with E-state index >= 15 is 0 Å². The number of likely N-dealkylation sites (tertiary alicyclic amines) is 1. The van der Waals surface area contributed by atoms with E-state index in [-0.39, 0.29) is 0 Å². The average molecular weight is 523 g/mol. The predicted octanol–water partition coefficient (Wildman–Crippen LogP) is 5.25. The van der Waals surface area contributed by atoms with E-state index in [9.17, 15) is 4.79 Å². The summed E-state index contributed by atoms with van der Waals surface area (Å²) in [4.78, 5) is 26.8. The molecule has 1 aliphatic rings. The van der Waals surface area contributed by atoms with Crippen LogP contribution in [-0.2, 0) is 4.74 Å². The lowest BCUT2D eigenvalue weighted by molar-refractivity contribution is 0.0607. The Bertz CT molecular complexity index is 1290. The van der Waals surface area contributed by atoms with E-state index in [1.807, 2.05) is 17.6 Å². The Morgan fingerprint density at radius 3 is 2.65 bits per heavy atom. The number of hydrogen-bond donors (Lipinski definition) is 3. The second-order valence-corrected chi connectivity index (χ2v) is 9.91. The number of H-pyrrole nitrogens is 1. The molecule has 0 amide bonds. The van der Waals surface area contributed by atoms with Crippen molar-refractivity contribution in [2.24, 2.45) is 9.98 Å². The molecule has 9 nitrogen and oxygen atoms in total. The van der Waals surface area contributed by atoms with Gasteiger partial charge in [-0.1, -0.05) is 0 Å². The van der Waals surface area contributed by atoms with Crippen LogP contribution in [0, 0.1) is 6.92 Å². The molecule has 3 aromatic rings. The van der Waals surface area contributed by atoms with Gasteiger partial charge in [-0.05, 0) is 86.6 Å². The summed E-state index contributed by atoms with van der Waals surface area (Å²) < 4.78 is 10.6. The maximum absolute atomic E-state index is 11.9. The van der Waals surface area contributed by atoms with Crippen LogP contribution in [0.4, 0.5) is 17.1 Å². The zero-order chi connectivity index (χ0) is 26.4. The lowest BCUT2D eigenvalue weighted by Crippen LogP contribution is -2.29. The fraction of sp³-hybridized carbons (Fsp3) is 0.370. The van der Waals surface area contributed by atoms with Gasteiger partial charge in [0.1, 0.15) is 10.6 Å². The van der Waals surface area contributed by atoms with Gasteiger partial charge in [0.25, 0.3) is 0 Å². The van der Waals surface area contributed by atoms with Gasteiger partial charge in [0.05, 0.1) is 43.2 Å². The lowest BCUT2D eigenvalue weighted by Gasteiger charge is -2.30. The summed E-state index contributed by atoms with van der Waals surface area (Å²) in [6.07, 6.45) is 5.79. The van der Waals surface area contributed by atoms with Crippen molar-refractivity contribution < 1.29 is 14.3 Å². The van der Waals surface area contributed by atoms with Crippen molar-refractivity contribution in [1.29, 1.82) is 0 Å². The van der Waals surface area contributed by atoms with Crippen LogP contribution < -0.4 is 15.4 Å². The summed E-state index contributed by atoms with van der Waals surface area (Å²) in [5.74, 6) is 1.49. The van der Waals surface area contributed by atoms with Gasteiger partial charge in [-0.15, -0.1) is 11.3 Å². The number of benzene rings is 1. The van der Waals surface area contributed by atoms with Crippen LogP contribution in [0.1, 0.15) is 45.3 Å². The van der Waals surface area contributed by atoms with Crippen molar-refractivity contribution in [3.05, 3.63) is 57.5 Å². The van der Waals surface area contributed by atoms with E-state index < -0.39 is 5.97 Å². The van der Waals surface area contributed by atoms with Crippen LogP contribution in [0.2, 0.25) is 0 Å². The van der Waals surface area contributed by atoms with Crippen molar-refractivity contribution >= 4 is 46.5 Å². The number of ether oxygens (including phenoxy) is 2. The number of aromatic nitrogens is 1. The first-order chi connectivity index (χ1) is 17.9. The number of hydrogen-bond acceptors (Lipinski definition) is 7. The van der Waals surface area contributed by atoms with Gasteiger partial charge in [0, 0.05) is 13.2 Å². The first-order valence-corrected chi connectivity index (χ1v) is 13.1.